The molecular weight excluding hydrogens is 375 g/mol. The van der Waals surface area contributed by atoms with Crippen LogP contribution in [0.3, 0.4) is 0 Å². The highest BCUT2D eigenvalue weighted by atomic mass is 127. The second-order valence-corrected chi connectivity index (χ2v) is 6.58. The van der Waals surface area contributed by atoms with E-state index < -0.39 is 11.7 Å². The van der Waals surface area contributed by atoms with E-state index in [1.807, 2.05) is 6.92 Å². The fourth-order valence-corrected chi connectivity index (χ4v) is 3.97. The van der Waals surface area contributed by atoms with Crippen LogP contribution in [0, 0.1) is 6.92 Å². The Balaban J connectivity index is 2.02. The van der Waals surface area contributed by atoms with Crippen LogP contribution in [0.2, 0.25) is 0 Å². The molecular formula is C13H13IN2O4. The summed E-state index contributed by atoms with van der Waals surface area (Å²) in [6.07, 6.45) is -0.495. The maximum absolute atomic E-state index is 12.0. The number of hydrogen-bond acceptors (Lipinski definition) is 4. The molecule has 2 atom stereocenters. The molecule has 3 heterocycles. The lowest BCUT2D eigenvalue weighted by molar-refractivity contribution is -0.0336. The molecule has 1 spiro atoms. The van der Waals surface area contributed by atoms with Crippen LogP contribution in [0.5, 0.6) is 0 Å². The Kier molecular flexibility index (Phi) is 3.11. The Morgan fingerprint density at radius 1 is 1.60 bits per heavy atom. The predicted octanol–water partition coefficient (Wildman–Crippen LogP) is 1.94. The highest BCUT2D eigenvalue weighted by Gasteiger charge is 2.54. The highest BCUT2D eigenvalue weighted by molar-refractivity contribution is 14.1. The quantitative estimate of drug-likeness (QED) is 0.418. The number of nitrogens with zero attached hydrogens (tertiary/aromatic N) is 2. The first kappa shape index (κ1) is 13.6. The second kappa shape index (κ2) is 4.57. The van der Waals surface area contributed by atoms with Gasteiger partial charge in [-0.15, -0.1) is 0 Å². The van der Waals surface area contributed by atoms with E-state index in [0.29, 0.717) is 30.8 Å². The number of amides is 1. The topological polar surface area (TPSA) is 79.7 Å². The number of pyridine rings is 1. The highest BCUT2D eigenvalue weighted by Crippen LogP contribution is 2.46. The lowest BCUT2D eigenvalue weighted by Gasteiger charge is -2.40. The fraction of sp³-hybridized carbons (Fsp3) is 0.462. The van der Waals surface area contributed by atoms with Crippen molar-refractivity contribution >= 4 is 34.7 Å². The number of rotatable bonds is 0. The largest absolute Gasteiger partial charge is 0.465 e. The van der Waals surface area contributed by atoms with Crippen LogP contribution in [-0.2, 0) is 10.3 Å². The zero-order chi connectivity index (χ0) is 14.5. The van der Waals surface area contributed by atoms with Gasteiger partial charge in [0.2, 0.25) is 0 Å². The molecule has 1 aromatic heterocycles. The lowest BCUT2D eigenvalue weighted by Crippen LogP contribution is -2.52. The molecule has 2 aliphatic heterocycles. The van der Waals surface area contributed by atoms with E-state index >= 15 is 0 Å². The first-order chi connectivity index (χ1) is 9.44. The summed E-state index contributed by atoms with van der Waals surface area (Å²) in [4.78, 5) is 28.9. The van der Waals surface area contributed by atoms with E-state index in [-0.39, 0.29) is 9.89 Å². The number of carbonyl (C=O) groups is 2. The SMILES string of the molecule is Cc1ccc2c(n1)C1(CCN(C(=O)O)CC1I)OC2=O. The minimum Gasteiger partial charge on any atom is -0.465 e. The van der Waals surface area contributed by atoms with Gasteiger partial charge in [0.15, 0.2) is 5.60 Å². The van der Waals surface area contributed by atoms with Gasteiger partial charge in [-0.25, -0.2) is 9.59 Å². The molecule has 1 aromatic rings. The smallest absolute Gasteiger partial charge is 0.407 e. The molecule has 0 aromatic carbocycles. The third-order valence-electron chi connectivity index (χ3n) is 3.84. The number of fused-ring (bicyclic) bond motifs is 2. The van der Waals surface area contributed by atoms with E-state index in [1.54, 1.807) is 12.1 Å². The molecule has 0 aliphatic carbocycles. The van der Waals surface area contributed by atoms with Crippen molar-refractivity contribution in [3.63, 3.8) is 0 Å². The predicted molar refractivity (Wildman–Crippen MR) is 78.1 cm³/mol. The molecule has 20 heavy (non-hydrogen) atoms. The van der Waals surface area contributed by atoms with Crippen molar-refractivity contribution in [2.75, 3.05) is 13.1 Å². The van der Waals surface area contributed by atoms with Crippen molar-refractivity contribution in [3.05, 3.63) is 29.1 Å². The minimum absolute atomic E-state index is 0.149. The number of aromatic nitrogens is 1. The molecule has 1 fully saturated rings. The molecule has 6 nitrogen and oxygen atoms in total. The molecule has 2 unspecified atom stereocenters. The summed E-state index contributed by atoms with van der Waals surface area (Å²) >= 11 is 2.16. The monoisotopic (exact) mass is 388 g/mol. The molecule has 2 aliphatic rings. The molecule has 106 valence electrons. The Labute approximate surface area is 129 Å². The van der Waals surface area contributed by atoms with Crippen molar-refractivity contribution in [2.24, 2.45) is 0 Å². The average molecular weight is 388 g/mol. The van der Waals surface area contributed by atoms with Gasteiger partial charge in [0, 0.05) is 25.2 Å². The molecule has 7 heteroatoms. The normalized spacial score (nSPS) is 28.4. The molecule has 1 saturated heterocycles. The Morgan fingerprint density at radius 3 is 3.00 bits per heavy atom. The average Bonchev–Trinajstić information content (AvgIpc) is 2.66. The van der Waals surface area contributed by atoms with Crippen LogP contribution in [0.1, 0.15) is 28.2 Å². The van der Waals surface area contributed by atoms with E-state index in [4.69, 9.17) is 9.84 Å². The van der Waals surface area contributed by atoms with Crippen molar-refractivity contribution in [3.8, 4) is 0 Å². The summed E-state index contributed by atoms with van der Waals surface area (Å²) in [5.41, 5.74) is 1.20. The minimum atomic E-state index is -0.941. The van der Waals surface area contributed by atoms with Crippen molar-refractivity contribution in [2.45, 2.75) is 22.9 Å². The molecule has 0 radical (unpaired) electrons. The number of ether oxygens (including phenoxy) is 1. The molecule has 0 saturated carbocycles. The van der Waals surface area contributed by atoms with Gasteiger partial charge in [-0.1, -0.05) is 22.6 Å². The van der Waals surface area contributed by atoms with E-state index in [2.05, 4.69) is 27.6 Å². The van der Waals surface area contributed by atoms with Crippen LogP contribution in [0.15, 0.2) is 12.1 Å². The Hall–Kier alpha value is -1.38. The number of hydrogen-bond donors (Lipinski definition) is 1. The van der Waals surface area contributed by atoms with Crippen LogP contribution in [-0.4, -0.2) is 44.1 Å². The maximum atomic E-state index is 12.0. The maximum Gasteiger partial charge on any atom is 0.407 e. The number of esters is 1. The van der Waals surface area contributed by atoms with Gasteiger partial charge in [0.25, 0.3) is 0 Å². The number of alkyl halides is 1. The summed E-state index contributed by atoms with van der Waals surface area (Å²) in [6.45, 7) is 2.54. The molecule has 3 rings (SSSR count). The van der Waals surface area contributed by atoms with Gasteiger partial charge in [-0.05, 0) is 19.1 Å². The number of carboxylic acid groups (broad SMARTS) is 1. The molecule has 0 bridgehead atoms. The zero-order valence-corrected chi connectivity index (χ0v) is 13.0. The third kappa shape index (κ3) is 1.87. The summed E-state index contributed by atoms with van der Waals surface area (Å²) in [5.74, 6) is -0.363. The number of carbonyl (C=O) groups excluding carboxylic acids is 1. The van der Waals surface area contributed by atoms with Gasteiger partial charge >= 0.3 is 12.1 Å². The van der Waals surface area contributed by atoms with Gasteiger partial charge in [0.05, 0.1) is 9.49 Å². The summed E-state index contributed by atoms with van der Waals surface area (Å²) in [7, 11) is 0. The molecule has 1 amide bonds. The number of halogens is 1. The fourth-order valence-electron chi connectivity index (χ4n) is 2.76. The Bertz CT molecular complexity index is 606. The van der Waals surface area contributed by atoms with Gasteiger partial charge in [-0.3, -0.25) is 4.98 Å². The summed E-state index contributed by atoms with van der Waals surface area (Å²) in [5, 5.41) is 9.08. The summed E-state index contributed by atoms with van der Waals surface area (Å²) in [6, 6.07) is 3.52. The van der Waals surface area contributed by atoms with E-state index in [1.165, 1.54) is 4.90 Å². The van der Waals surface area contributed by atoms with E-state index in [9.17, 15) is 9.59 Å². The van der Waals surface area contributed by atoms with Crippen LogP contribution in [0.25, 0.3) is 0 Å². The van der Waals surface area contributed by atoms with Gasteiger partial charge in [-0.2, -0.15) is 0 Å². The first-order valence-electron chi connectivity index (χ1n) is 6.27. The van der Waals surface area contributed by atoms with Crippen molar-refractivity contribution in [1.82, 2.24) is 9.88 Å². The lowest BCUT2D eigenvalue weighted by atomic mass is 9.87. The van der Waals surface area contributed by atoms with E-state index in [0.717, 1.165) is 5.69 Å². The zero-order valence-electron chi connectivity index (χ0n) is 10.8. The van der Waals surface area contributed by atoms with Crippen LogP contribution in [0.4, 0.5) is 4.79 Å². The first-order valence-corrected chi connectivity index (χ1v) is 7.52. The van der Waals surface area contributed by atoms with Crippen molar-refractivity contribution in [1.29, 1.82) is 0 Å². The standard InChI is InChI=1S/C13H13IN2O4/c1-7-2-3-8-10(15-7)13(20-11(8)17)4-5-16(12(18)19)6-9(13)14/h2-3,9H,4-6H2,1H3,(H,18,19). The van der Waals surface area contributed by atoms with Crippen LogP contribution >= 0.6 is 22.6 Å². The van der Waals surface area contributed by atoms with Gasteiger partial charge < -0.3 is 14.7 Å². The van der Waals surface area contributed by atoms with Gasteiger partial charge in [0.1, 0.15) is 5.69 Å². The number of likely N-dealkylation sites (tertiary alicyclic amines) is 1. The number of piperidine rings is 1. The molecule has 1 N–H and O–H groups in total. The van der Waals surface area contributed by atoms with Crippen LogP contribution < -0.4 is 0 Å². The van der Waals surface area contributed by atoms with Crippen molar-refractivity contribution < 1.29 is 19.4 Å². The Morgan fingerprint density at radius 2 is 2.35 bits per heavy atom. The summed E-state index contributed by atoms with van der Waals surface area (Å²) < 4.78 is 5.48. The second-order valence-electron chi connectivity index (χ2n) is 5.07. The number of aryl methyl sites for hydroxylation is 1. The third-order valence-corrected chi connectivity index (χ3v) is 5.24.